The lowest BCUT2D eigenvalue weighted by molar-refractivity contribution is -0.159. The van der Waals surface area contributed by atoms with Gasteiger partial charge in [0, 0.05) is 6.04 Å². The molecule has 5 heteroatoms. The Kier molecular flexibility index (Phi) is 3.78. The lowest BCUT2D eigenvalue weighted by Gasteiger charge is -2.22. The molecule has 0 heterocycles. The molecule has 1 fully saturated rings. The molecule has 1 rings (SSSR count). The number of carboxylic acid groups (broad SMARTS) is 1. The van der Waals surface area contributed by atoms with E-state index in [4.69, 9.17) is 9.84 Å². The van der Waals surface area contributed by atoms with Crippen molar-refractivity contribution in [2.24, 2.45) is 5.92 Å². The highest BCUT2D eigenvalue weighted by Gasteiger charge is 2.33. The average molecular weight is 229 g/mol. The summed E-state index contributed by atoms with van der Waals surface area (Å²) < 4.78 is 5.26. The zero-order valence-electron chi connectivity index (χ0n) is 9.95. The van der Waals surface area contributed by atoms with Gasteiger partial charge in [-0.2, -0.15) is 0 Å². The minimum Gasteiger partial charge on any atom is -0.465 e. The molecule has 1 saturated carbocycles. The van der Waals surface area contributed by atoms with Crippen LogP contribution in [-0.2, 0) is 9.53 Å². The number of amides is 1. The average Bonchev–Trinajstić information content (AvgIpc) is 2.48. The van der Waals surface area contributed by atoms with Gasteiger partial charge in [0.1, 0.15) is 5.60 Å². The minimum atomic E-state index is -1.03. The Morgan fingerprint density at radius 2 is 1.94 bits per heavy atom. The van der Waals surface area contributed by atoms with Gasteiger partial charge in [0.05, 0.1) is 5.92 Å². The van der Waals surface area contributed by atoms with Crippen LogP contribution >= 0.6 is 0 Å². The molecule has 0 unspecified atom stereocenters. The van der Waals surface area contributed by atoms with Crippen molar-refractivity contribution in [3.63, 3.8) is 0 Å². The molecule has 0 aromatic rings. The Labute approximate surface area is 95.2 Å². The van der Waals surface area contributed by atoms with Crippen LogP contribution in [0.4, 0.5) is 4.79 Å². The van der Waals surface area contributed by atoms with E-state index < -0.39 is 11.7 Å². The second-order valence-corrected chi connectivity index (χ2v) is 5.19. The fourth-order valence-corrected chi connectivity index (χ4v) is 1.89. The van der Waals surface area contributed by atoms with Gasteiger partial charge in [-0.1, -0.05) is 0 Å². The molecule has 2 atom stereocenters. The predicted octanol–water partition coefficient (Wildman–Crippen LogP) is 1.76. The Morgan fingerprint density at radius 1 is 1.31 bits per heavy atom. The van der Waals surface area contributed by atoms with Crippen molar-refractivity contribution in [3.8, 4) is 0 Å². The molecule has 2 N–H and O–H groups in total. The monoisotopic (exact) mass is 229 g/mol. The quantitative estimate of drug-likeness (QED) is 0.707. The molecule has 5 nitrogen and oxygen atoms in total. The van der Waals surface area contributed by atoms with Gasteiger partial charge < -0.3 is 15.2 Å². The van der Waals surface area contributed by atoms with Gasteiger partial charge in [0.2, 0.25) is 0 Å². The Morgan fingerprint density at radius 3 is 2.44 bits per heavy atom. The fourth-order valence-electron chi connectivity index (χ4n) is 1.89. The first kappa shape index (κ1) is 12.8. The van der Waals surface area contributed by atoms with Crippen LogP contribution in [-0.4, -0.2) is 28.8 Å². The van der Waals surface area contributed by atoms with E-state index >= 15 is 0 Å². The highest BCUT2D eigenvalue weighted by molar-refractivity contribution is 5.73. The summed E-state index contributed by atoms with van der Waals surface area (Å²) in [6.07, 6.45) is 0.909. The SMILES string of the molecule is CC(C)(C)OC(=O)[C@@H]1CC[C@H](NC(=O)O)C1. The Balaban J connectivity index is 2.41. The highest BCUT2D eigenvalue weighted by Crippen LogP contribution is 2.28. The molecule has 1 aliphatic rings. The minimum absolute atomic E-state index is 0.116. The van der Waals surface area contributed by atoms with Crippen LogP contribution in [0.3, 0.4) is 0 Å². The molecule has 0 aromatic carbocycles. The summed E-state index contributed by atoms with van der Waals surface area (Å²) in [4.78, 5) is 22.1. The molecular formula is C11H19NO4. The number of nitrogens with one attached hydrogen (secondary N) is 1. The normalized spacial score (nSPS) is 25.2. The van der Waals surface area contributed by atoms with Crippen LogP contribution in [0.1, 0.15) is 40.0 Å². The van der Waals surface area contributed by atoms with Crippen LogP contribution in [0.15, 0.2) is 0 Å². The Hall–Kier alpha value is -1.26. The third kappa shape index (κ3) is 4.08. The van der Waals surface area contributed by atoms with E-state index in [1.807, 2.05) is 20.8 Å². The zero-order chi connectivity index (χ0) is 12.3. The van der Waals surface area contributed by atoms with E-state index in [0.717, 1.165) is 0 Å². The van der Waals surface area contributed by atoms with E-state index in [1.54, 1.807) is 0 Å². The molecule has 1 aliphatic carbocycles. The van der Waals surface area contributed by atoms with Gasteiger partial charge >= 0.3 is 12.1 Å². The number of carbonyl (C=O) groups excluding carboxylic acids is 1. The molecular weight excluding hydrogens is 210 g/mol. The first-order valence-corrected chi connectivity index (χ1v) is 5.50. The van der Waals surface area contributed by atoms with Crippen LogP contribution in [0.25, 0.3) is 0 Å². The molecule has 92 valence electrons. The van der Waals surface area contributed by atoms with Crippen molar-refractivity contribution >= 4 is 12.1 Å². The maximum Gasteiger partial charge on any atom is 0.404 e. The van der Waals surface area contributed by atoms with Crippen molar-refractivity contribution in [1.29, 1.82) is 0 Å². The first-order valence-electron chi connectivity index (χ1n) is 5.50. The summed E-state index contributed by atoms with van der Waals surface area (Å²) in [5.41, 5.74) is -0.477. The van der Waals surface area contributed by atoms with Crippen LogP contribution in [0.2, 0.25) is 0 Å². The van der Waals surface area contributed by atoms with Crippen molar-refractivity contribution in [2.45, 2.75) is 51.7 Å². The van der Waals surface area contributed by atoms with E-state index in [9.17, 15) is 9.59 Å². The lowest BCUT2D eigenvalue weighted by Crippen LogP contribution is -2.33. The fraction of sp³-hybridized carbons (Fsp3) is 0.818. The lowest BCUT2D eigenvalue weighted by atomic mass is 10.1. The number of hydrogen-bond donors (Lipinski definition) is 2. The van der Waals surface area contributed by atoms with Crippen molar-refractivity contribution in [1.82, 2.24) is 5.32 Å². The van der Waals surface area contributed by atoms with Crippen molar-refractivity contribution in [2.75, 3.05) is 0 Å². The molecule has 0 bridgehead atoms. The number of esters is 1. The smallest absolute Gasteiger partial charge is 0.404 e. The highest BCUT2D eigenvalue weighted by atomic mass is 16.6. The van der Waals surface area contributed by atoms with Gasteiger partial charge in [0.15, 0.2) is 0 Å². The third-order valence-corrected chi connectivity index (χ3v) is 2.50. The second-order valence-electron chi connectivity index (χ2n) is 5.19. The number of hydrogen-bond acceptors (Lipinski definition) is 3. The summed E-state index contributed by atoms with van der Waals surface area (Å²) in [6, 6.07) is -0.116. The van der Waals surface area contributed by atoms with E-state index in [1.165, 1.54) is 0 Å². The number of carbonyl (C=O) groups is 2. The molecule has 0 aromatic heterocycles. The Bertz CT molecular complexity index is 282. The van der Waals surface area contributed by atoms with Crippen LogP contribution in [0, 0.1) is 5.92 Å². The molecule has 0 spiro atoms. The molecule has 16 heavy (non-hydrogen) atoms. The van der Waals surface area contributed by atoms with E-state index in [0.29, 0.717) is 19.3 Å². The molecule has 0 radical (unpaired) electrons. The summed E-state index contributed by atoms with van der Waals surface area (Å²) in [5, 5.41) is 11.0. The van der Waals surface area contributed by atoms with Gasteiger partial charge in [-0.25, -0.2) is 4.79 Å². The third-order valence-electron chi connectivity index (χ3n) is 2.50. The summed E-state index contributed by atoms with van der Waals surface area (Å²) in [7, 11) is 0. The number of ether oxygens (including phenoxy) is 1. The standard InChI is InChI=1S/C11H19NO4/c1-11(2,3)16-9(13)7-4-5-8(6-7)12-10(14)15/h7-8,12H,4-6H2,1-3H3,(H,14,15)/t7-,8+/m1/s1. The second kappa shape index (κ2) is 4.72. The summed E-state index contributed by atoms with van der Waals surface area (Å²) in [6.45, 7) is 5.48. The molecule has 1 amide bonds. The molecule has 0 saturated heterocycles. The van der Waals surface area contributed by atoms with Gasteiger partial charge in [-0.3, -0.25) is 4.79 Å². The predicted molar refractivity (Wildman–Crippen MR) is 58.1 cm³/mol. The summed E-state index contributed by atoms with van der Waals surface area (Å²) >= 11 is 0. The zero-order valence-corrected chi connectivity index (χ0v) is 9.95. The number of rotatable bonds is 2. The molecule has 0 aliphatic heterocycles. The topological polar surface area (TPSA) is 75.6 Å². The van der Waals surface area contributed by atoms with Crippen LogP contribution in [0.5, 0.6) is 0 Å². The van der Waals surface area contributed by atoms with E-state index in [-0.39, 0.29) is 17.9 Å². The maximum absolute atomic E-state index is 11.7. The first-order chi connectivity index (χ1) is 7.28. The van der Waals surface area contributed by atoms with Gasteiger partial charge in [-0.15, -0.1) is 0 Å². The van der Waals surface area contributed by atoms with Crippen molar-refractivity contribution in [3.05, 3.63) is 0 Å². The maximum atomic E-state index is 11.7. The van der Waals surface area contributed by atoms with Gasteiger partial charge in [0.25, 0.3) is 0 Å². The largest absolute Gasteiger partial charge is 0.465 e. The van der Waals surface area contributed by atoms with Crippen molar-refractivity contribution < 1.29 is 19.4 Å². The van der Waals surface area contributed by atoms with Crippen LogP contribution < -0.4 is 5.32 Å². The summed E-state index contributed by atoms with van der Waals surface area (Å²) in [5.74, 6) is -0.390. The van der Waals surface area contributed by atoms with E-state index in [2.05, 4.69) is 5.32 Å². The van der Waals surface area contributed by atoms with Gasteiger partial charge in [-0.05, 0) is 40.0 Å².